The number of aryl methyl sites for hydroxylation is 1. The largest absolute Gasteiger partial charge is 0.378 e. The van der Waals surface area contributed by atoms with Gasteiger partial charge in [0.1, 0.15) is 12.1 Å². The van der Waals surface area contributed by atoms with Crippen LogP contribution in [0.2, 0.25) is 0 Å². The van der Waals surface area contributed by atoms with E-state index in [1.54, 1.807) is 13.0 Å². The summed E-state index contributed by atoms with van der Waals surface area (Å²) in [7, 11) is 0. The molecule has 0 aromatic carbocycles. The summed E-state index contributed by atoms with van der Waals surface area (Å²) < 4.78 is 10.2. The smallest absolute Gasteiger partial charge is 0.353 e. The Balaban J connectivity index is 1.96. The maximum absolute atomic E-state index is 11.5. The summed E-state index contributed by atoms with van der Waals surface area (Å²) in [6, 6.07) is 1.63. The van der Waals surface area contributed by atoms with Crippen LogP contribution in [0.1, 0.15) is 5.76 Å². The molecule has 2 aromatic rings. The van der Waals surface area contributed by atoms with Crippen LogP contribution in [-0.4, -0.2) is 46.4 Å². The number of rotatable bonds is 4. The molecule has 1 fully saturated rings. The fraction of sp³-hybridized carbons (Fsp3) is 0.417. The molecule has 0 aliphatic carbocycles. The molecule has 0 bridgehead atoms. The molecule has 0 atom stereocenters. The third-order valence-corrected chi connectivity index (χ3v) is 3.17. The number of hydrogen-bond acceptors (Lipinski definition) is 9. The summed E-state index contributed by atoms with van der Waals surface area (Å²) in [6.45, 7) is 3.82. The van der Waals surface area contributed by atoms with Crippen molar-refractivity contribution >= 4 is 23.1 Å². The Bertz CT molecular complexity index is 682. The normalized spacial score (nSPS) is 14.9. The van der Waals surface area contributed by atoms with E-state index in [4.69, 9.17) is 9.26 Å². The van der Waals surface area contributed by atoms with Crippen molar-refractivity contribution in [2.45, 2.75) is 6.92 Å². The van der Waals surface area contributed by atoms with Crippen LogP contribution in [-0.2, 0) is 4.74 Å². The molecule has 0 radical (unpaired) electrons. The second kappa shape index (κ2) is 5.93. The van der Waals surface area contributed by atoms with E-state index >= 15 is 0 Å². The molecule has 0 unspecified atom stereocenters. The number of anilines is 3. The third-order valence-electron chi connectivity index (χ3n) is 3.17. The maximum Gasteiger partial charge on any atom is 0.353 e. The molecule has 1 aliphatic rings. The summed E-state index contributed by atoms with van der Waals surface area (Å²) in [5, 5.41) is 18.0. The molecular weight excluding hydrogens is 292 g/mol. The highest BCUT2D eigenvalue weighted by atomic mass is 16.6. The van der Waals surface area contributed by atoms with Gasteiger partial charge < -0.3 is 19.5 Å². The molecule has 1 aliphatic heterocycles. The first kappa shape index (κ1) is 14.2. The first-order chi connectivity index (χ1) is 10.6. The summed E-state index contributed by atoms with van der Waals surface area (Å²) in [5.74, 6) is 1.29. The molecule has 22 heavy (non-hydrogen) atoms. The lowest BCUT2D eigenvalue weighted by atomic mass is 10.3. The van der Waals surface area contributed by atoms with Crippen LogP contribution in [0, 0.1) is 17.0 Å². The van der Waals surface area contributed by atoms with Crippen LogP contribution < -0.4 is 10.2 Å². The van der Waals surface area contributed by atoms with Crippen molar-refractivity contribution in [1.82, 2.24) is 15.1 Å². The Hall–Kier alpha value is -2.75. The number of nitro groups is 1. The minimum absolute atomic E-state index is 0.0785. The van der Waals surface area contributed by atoms with Gasteiger partial charge in [0, 0.05) is 19.2 Å². The van der Waals surface area contributed by atoms with Crippen molar-refractivity contribution in [2.24, 2.45) is 0 Å². The quantitative estimate of drug-likeness (QED) is 0.657. The molecule has 1 saturated heterocycles. The van der Waals surface area contributed by atoms with Gasteiger partial charge in [-0.15, -0.1) is 0 Å². The average molecular weight is 306 g/mol. The minimum atomic E-state index is -0.500. The van der Waals surface area contributed by atoms with Gasteiger partial charge in [-0.3, -0.25) is 10.1 Å². The Labute approximate surface area is 125 Å². The van der Waals surface area contributed by atoms with E-state index in [1.807, 2.05) is 4.90 Å². The van der Waals surface area contributed by atoms with Gasteiger partial charge >= 0.3 is 5.69 Å². The van der Waals surface area contributed by atoms with Crippen LogP contribution in [0.3, 0.4) is 0 Å². The second-order valence-corrected chi connectivity index (χ2v) is 4.70. The molecule has 10 heteroatoms. The van der Waals surface area contributed by atoms with Crippen molar-refractivity contribution < 1.29 is 14.2 Å². The Morgan fingerprint density at radius 2 is 2.14 bits per heavy atom. The van der Waals surface area contributed by atoms with Crippen LogP contribution in [0.15, 0.2) is 16.9 Å². The predicted molar refractivity (Wildman–Crippen MR) is 76.2 cm³/mol. The Morgan fingerprint density at radius 3 is 2.77 bits per heavy atom. The van der Waals surface area contributed by atoms with Gasteiger partial charge in [-0.25, -0.2) is 9.97 Å². The summed E-state index contributed by atoms with van der Waals surface area (Å²) in [5.41, 5.74) is -0.190. The molecule has 10 nitrogen and oxygen atoms in total. The molecule has 0 spiro atoms. The molecule has 3 rings (SSSR count). The zero-order valence-corrected chi connectivity index (χ0v) is 11.9. The van der Waals surface area contributed by atoms with Crippen LogP contribution >= 0.6 is 0 Å². The van der Waals surface area contributed by atoms with Crippen molar-refractivity contribution in [2.75, 3.05) is 36.5 Å². The first-order valence-corrected chi connectivity index (χ1v) is 6.67. The van der Waals surface area contributed by atoms with Gasteiger partial charge in [-0.1, -0.05) is 5.16 Å². The van der Waals surface area contributed by atoms with E-state index in [1.165, 1.54) is 6.33 Å². The van der Waals surface area contributed by atoms with E-state index in [0.717, 1.165) is 0 Å². The lowest BCUT2D eigenvalue weighted by Gasteiger charge is -2.27. The van der Waals surface area contributed by atoms with Crippen LogP contribution in [0.5, 0.6) is 0 Å². The predicted octanol–water partition coefficient (Wildman–Crippen LogP) is 1.26. The number of morpholine rings is 1. The van der Waals surface area contributed by atoms with Gasteiger partial charge in [-0.05, 0) is 6.92 Å². The molecule has 2 aromatic heterocycles. The Kier molecular flexibility index (Phi) is 3.83. The first-order valence-electron chi connectivity index (χ1n) is 6.67. The third kappa shape index (κ3) is 2.81. The highest BCUT2D eigenvalue weighted by Gasteiger charge is 2.28. The van der Waals surface area contributed by atoms with E-state index in [2.05, 4.69) is 20.4 Å². The van der Waals surface area contributed by atoms with E-state index in [0.29, 0.717) is 37.9 Å². The SMILES string of the molecule is Cc1cc(Nc2ncnc(N3CCOCC3)c2[N+](=O)[O-])no1. The summed E-state index contributed by atoms with van der Waals surface area (Å²) in [4.78, 5) is 20.8. The summed E-state index contributed by atoms with van der Waals surface area (Å²) in [6.07, 6.45) is 1.28. The lowest BCUT2D eigenvalue weighted by molar-refractivity contribution is -0.383. The average Bonchev–Trinajstić information content (AvgIpc) is 2.93. The Morgan fingerprint density at radius 1 is 1.36 bits per heavy atom. The highest BCUT2D eigenvalue weighted by Crippen LogP contribution is 2.33. The number of ether oxygens (including phenoxy) is 1. The van der Waals surface area contributed by atoms with E-state index in [9.17, 15) is 10.1 Å². The lowest BCUT2D eigenvalue weighted by Crippen LogP contribution is -2.37. The van der Waals surface area contributed by atoms with Crippen molar-refractivity contribution in [1.29, 1.82) is 0 Å². The van der Waals surface area contributed by atoms with Gasteiger partial charge in [-0.2, -0.15) is 0 Å². The number of nitrogens with zero attached hydrogens (tertiary/aromatic N) is 5. The number of hydrogen-bond donors (Lipinski definition) is 1. The van der Waals surface area contributed by atoms with Crippen molar-refractivity contribution in [3.63, 3.8) is 0 Å². The topological polar surface area (TPSA) is 119 Å². The standard InChI is InChI=1S/C12H14N6O4/c1-8-6-9(16-22-8)15-11-10(18(19)20)12(14-7-13-11)17-2-4-21-5-3-17/h6-7H,2-5H2,1H3,(H,13,14,15,16). The summed E-state index contributed by atoms with van der Waals surface area (Å²) >= 11 is 0. The maximum atomic E-state index is 11.5. The van der Waals surface area contributed by atoms with E-state index < -0.39 is 4.92 Å². The molecule has 0 amide bonds. The monoisotopic (exact) mass is 306 g/mol. The van der Waals surface area contributed by atoms with Crippen molar-refractivity contribution in [3.8, 4) is 0 Å². The fourth-order valence-corrected chi connectivity index (χ4v) is 2.18. The van der Waals surface area contributed by atoms with Gasteiger partial charge in [0.05, 0.1) is 18.1 Å². The van der Waals surface area contributed by atoms with E-state index in [-0.39, 0.29) is 17.3 Å². The number of aromatic nitrogens is 3. The molecule has 1 N–H and O–H groups in total. The second-order valence-electron chi connectivity index (χ2n) is 4.70. The zero-order chi connectivity index (χ0) is 15.5. The van der Waals surface area contributed by atoms with Gasteiger partial charge in [0.25, 0.3) is 0 Å². The molecule has 3 heterocycles. The highest BCUT2D eigenvalue weighted by molar-refractivity contribution is 5.73. The zero-order valence-electron chi connectivity index (χ0n) is 11.9. The van der Waals surface area contributed by atoms with Crippen LogP contribution in [0.25, 0.3) is 0 Å². The number of nitrogens with one attached hydrogen (secondary N) is 1. The fourth-order valence-electron chi connectivity index (χ4n) is 2.18. The van der Waals surface area contributed by atoms with Crippen LogP contribution in [0.4, 0.5) is 23.1 Å². The van der Waals surface area contributed by atoms with Crippen molar-refractivity contribution in [3.05, 3.63) is 28.3 Å². The van der Waals surface area contributed by atoms with Gasteiger partial charge in [0.2, 0.25) is 11.6 Å². The van der Waals surface area contributed by atoms with Gasteiger partial charge in [0.15, 0.2) is 5.82 Å². The molecule has 0 saturated carbocycles. The minimum Gasteiger partial charge on any atom is -0.378 e. The molecular formula is C12H14N6O4. The molecule has 116 valence electrons.